The van der Waals surface area contributed by atoms with Gasteiger partial charge in [0.1, 0.15) is 24.5 Å². The fraction of sp³-hybridized carbons (Fsp3) is 0.438. The minimum Gasteiger partial charge on any atom is -0.340 e. The summed E-state index contributed by atoms with van der Waals surface area (Å²) in [4.78, 5) is 34.8. The summed E-state index contributed by atoms with van der Waals surface area (Å²) >= 11 is 5.79. The minimum absolute atomic E-state index is 0.0624. The quantitative estimate of drug-likeness (QED) is 0.894. The van der Waals surface area contributed by atoms with Gasteiger partial charge in [-0.25, -0.2) is 14.6 Å². The zero-order chi connectivity index (χ0) is 17.8. The van der Waals surface area contributed by atoms with Crippen LogP contribution in [0.3, 0.4) is 0 Å². The smallest absolute Gasteiger partial charge is 0.247 e. The maximum atomic E-state index is 12.6. The molecular weight excluding hydrogens is 344 g/mol. The number of amides is 2. The Bertz CT molecular complexity index is 734. The van der Waals surface area contributed by atoms with E-state index >= 15 is 0 Å². The van der Waals surface area contributed by atoms with E-state index in [9.17, 15) is 9.59 Å². The second-order valence-electron chi connectivity index (χ2n) is 6.03. The van der Waals surface area contributed by atoms with Gasteiger partial charge in [0.05, 0.1) is 10.9 Å². The first-order valence-electron chi connectivity index (χ1n) is 8.10. The molecule has 132 valence electrons. The number of nitrogens with zero attached hydrogens (tertiary/aromatic N) is 5. The van der Waals surface area contributed by atoms with Gasteiger partial charge in [-0.1, -0.05) is 11.6 Å². The Morgan fingerprint density at radius 1 is 1.40 bits per heavy atom. The molecule has 9 heteroatoms. The zero-order valence-corrected chi connectivity index (χ0v) is 14.6. The molecule has 3 rings (SSSR count). The van der Waals surface area contributed by atoms with E-state index < -0.39 is 6.04 Å². The zero-order valence-electron chi connectivity index (χ0n) is 13.8. The summed E-state index contributed by atoms with van der Waals surface area (Å²) in [5.74, 6) is -0.0136. The lowest BCUT2D eigenvalue weighted by atomic mass is 9.96. The molecule has 1 N–H and O–H groups in total. The van der Waals surface area contributed by atoms with Gasteiger partial charge in [-0.2, -0.15) is 5.10 Å². The van der Waals surface area contributed by atoms with Crippen molar-refractivity contribution in [1.29, 1.82) is 0 Å². The topological polar surface area (TPSA) is 93.0 Å². The van der Waals surface area contributed by atoms with Crippen LogP contribution in [0, 0.1) is 5.92 Å². The number of carbonyl (C=O) groups is 2. The number of aromatic nitrogens is 4. The normalized spacial score (nSPS) is 18.6. The van der Waals surface area contributed by atoms with Gasteiger partial charge in [0.15, 0.2) is 0 Å². The first-order chi connectivity index (χ1) is 12.0. The van der Waals surface area contributed by atoms with Crippen LogP contribution in [-0.4, -0.2) is 49.6 Å². The number of anilines is 1. The van der Waals surface area contributed by atoms with Crippen molar-refractivity contribution < 1.29 is 9.59 Å². The predicted octanol–water partition coefficient (Wildman–Crippen LogP) is 1.76. The van der Waals surface area contributed by atoms with Gasteiger partial charge in [-0.15, -0.1) is 0 Å². The van der Waals surface area contributed by atoms with Crippen LogP contribution in [0.15, 0.2) is 31.0 Å². The molecule has 0 spiro atoms. The van der Waals surface area contributed by atoms with Crippen molar-refractivity contribution >= 4 is 29.2 Å². The van der Waals surface area contributed by atoms with Gasteiger partial charge in [0, 0.05) is 19.3 Å². The summed E-state index contributed by atoms with van der Waals surface area (Å²) in [5.41, 5.74) is 0. The number of hydrogen-bond acceptors (Lipinski definition) is 5. The lowest BCUT2D eigenvalue weighted by molar-refractivity contribution is -0.137. The van der Waals surface area contributed by atoms with Gasteiger partial charge in [0.2, 0.25) is 11.8 Å². The van der Waals surface area contributed by atoms with Crippen LogP contribution >= 0.6 is 11.6 Å². The van der Waals surface area contributed by atoms with Crippen molar-refractivity contribution in [3.63, 3.8) is 0 Å². The second-order valence-corrected chi connectivity index (χ2v) is 6.46. The number of nitrogens with one attached hydrogen (secondary N) is 1. The van der Waals surface area contributed by atoms with E-state index in [1.54, 1.807) is 24.0 Å². The van der Waals surface area contributed by atoms with Crippen molar-refractivity contribution in [1.82, 2.24) is 24.6 Å². The first kappa shape index (κ1) is 17.3. The third-order valence-electron chi connectivity index (χ3n) is 4.27. The maximum Gasteiger partial charge on any atom is 0.247 e. The number of halogens is 1. The highest BCUT2D eigenvalue weighted by molar-refractivity contribution is 6.30. The second kappa shape index (κ2) is 7.60. The summed E-state index contributed by atoms with van der Waals surface area (Å²) in [6.07, 6.45) is 5.91. The number of piperidine rings is 1. The van der Waals surface area contributed by atoms with Gasteiger partial charge >= 0.3 is 0 Å². The molecule has 2 atom stereocenters. The SMILES string of the molecule is CC(C(=O)N1CCCC(C(=O)Nc2ccc(Cl)cn2)C1)n1cncn1. The molecule has 3 heterocycles. The Balaban J connectivity index is 1.61. The maximum absolute atomic E-state index is 12.6. The van der Waals surface area contributed by atoms with E-state index in [1.165, 1.54) is 23.5 Å². The third-order valence-corrected chi connectivity index (χ3v) is 4.50. The van der Waals surface area contributed by atoms with E-state index in [4.69, 9.17) is 11.6 Å². The minimum atomic E-state index is -0.442. The van der Waals surface area contributed by atoms with Crippen molar-refractivity contribution in [2.45, 2.75) is 25.8 Å². The van der Waals surface area contributed by atoms with Gasteiger partial charge in [-0.05, 0) is 31.9 Å². The number of hydrogen-bond donors (Lipinski definition) is 1. The fourth-order valence-electron chi connectivity index (χ4n) is 2.86. The Morgan fingerprint density at radius 3 is 2.92 bits per heavy atom. The molecule has 1 fully saturated rings. The molecule has 2 aromatic heterocycles. The van der Waals surface area contributed by atoms with E-state index in [0.29, 0.717) is 23.9 Å². The summed E-state index contributed by atoms with van der Waals surface area (Å²) < 4.78 is 1.52. The molecule has 2 aromatic rings. The Morgan fingerprint density at radius 2 is 2.24 bits per heavy atom. The first-order valence-corrected chi connectivity index (χ1v) is 8.47. The molecule has 0 saturated carbocycles. The lowest BCUT2D eigenvalue weighted by Crippen LogP contribution is -2.46. The van der Waals surface area contributed by atoms with E-state index in [2.05, 4.69) is 20.4 Å². The van der Waals surface area contributed by atoms with Crippen molar-refractivity contribution in [2.75, 3.05) is 18.4 Å². The van der Waals surface area contributed by atoms with Crippen molar-refractivity contribution in [3.8, 4) is 0 Å². The van der Waals surface area contributed by atoms with Gasteiger partial charge in [0.25, 0.3) is 0 Å². The van der Waals surface area contributed by atoms with Crippen molar-refractivity contribution in [2.24, 2.45) is 5.92 Å². The highest BCUT2D eigenvalue weighted by Crippen LogP contribution is 2.21. The van der Waals surface area contributed by atoms with E-state index in [0.717, 1.165) is 12.8 Å². The third kappa shape index (κ3) is 4.14. The van der Waals surface area contributed by atoms with Gasteiger partial charge < -0.3 is 10.2 Å². The Kier molecular flexibility index (Phi) is 5.28. The lowest BCUT2D eigenvalue weighted by Gasteiger charge is -2.33. The molecule has 0 aromatic carbocycles. The molecule has 8 nitrogen and oxygen atoms in total. The number of likely N-dealkylation sites (tertiary alicyclic amines) is 1. The predicted molar refractivity (Wildman–Crippen MR) is 91.9 cm³/mol. The molecule has 1 saturated heterocycles. The molecule has 2 amide bonds. The average molecular weight is 363 g/mol. The standard InChI is InChI=1S/C16H19ClN6O2/c1-11(23-10-18-9-20-23)16(25)22-6-2-3-12(8-22)15(24)21-14-5-4-13(17)7-19-14/h4-5,7,9-12H,2-3,6,8H2,1H3,(H,19,21,24). The molecular formula is C16H19ClN6O2. The van der Waals surface area contributed by atoms with Crippen LogP contribution in [0.1, 0.15) is 25.8 Å². The summed E-state index contributed by atoms with van der Waals surface area (Å²) in [5, 5.41) is 7.30. The van der Waals surface area contributed by atoms with Crippen LogP contribution in [0.2, 0.25) is 5.02 Å². The summed E-state index contributed by atoms with van der Waals surface area (Å²) in [7, 11) is 0. The molecule has 0 bridgehead atoms. The summed E-state index contributed by atoms with van der Waals surface area (Å²) in [6.45, 7) is 2.80. The molecule has 1 aliphatic rings. The van der Waals surface area contributed by atoms with E-state index in [-0.39, 0.29) is 17.7 Å². The molecule has 2 unspecified atom stereocenters. The molecule has 0 radical (unpaired) electrons. The fourth-order valence-corrected chi connectivity index (χ4v) is 2.98. The largest absolute Gasteiger partial charge is 0.340 e. The molecule has 25 heavy (non-hydrogen) atoms. The van der Waals surface area contributed by atoms with Crippen LogP contribution in [0.25, 0.3) is 0 Å². The van der Waals surface area contributed by atoms with Crippen LogP contribution in [0.4, 0.5) is 5.82 Å². The van der Waals surface area contributed by atoms with Crippen molar-refractivity contribution in [3.05, 3.63) is 36.0 Å². The monoisotopic (exact) mass is 362 g/mol. The number of rotatable bonds is 4. The van der Waals surface area contributed by atoms with E-state index in [1.807, 2.05) is 0 Å². The highest BCUT2D eigenvalue weighted by atomic mass is 35.5. The Hall–Kier alpha value is -2.48. The number of carbonyl (C=O) groups excluding carboxylic acids is 2. The van der Waals surface area contributed by atoms with Crippen LogP contribution in [0.5, 0.6) is 0 Å². The number of pyridine rings is 1. The summed E-state index contributed by atoms with van der Waals surface area (Å²) in [6, 6.07) is 2.88. The van der Waals surface area contributed by atoms with Gasteiger partial charge in [-0.3, -0.25) is 9.59 Å². The molecule has 1 aliphatic heterocycles. The van der Waals surface area contributed by atoms with Crippen LogP contribution in [-0.2, 0) is 9.59 Å². The highest BCUT2D eigenvalue weighted by Gasteiger charge is 2.31. The van der Waals surface area contributed by atoms with Crippen LogP contribution < -0.4 is 5.32 Å². The Labute approximate surface area is 150 Å². The molecule has 0 aliphatic carbocycles. The average Bonchev–Trinajstić information content (AvgIpc) is 3.17.